The monoisotopic (exact) mass is 468 g/mol. The van der Waals surface area contributed by atoms with Gasteiger partial charge in [0.15, 0.2) is 5.69 Å². The van der Waals surface area contributed by atoms with E-state index < -0.39 is 23.1 Å². The molecule has 1 aliphatic rings. The molecule has 2 aromatic heterocycles. The summed E-state index contributed by atoms with van der Waals surface area (Å²) in [7, 11) is 0. The van der Waals surface area contributed by atoms with Crippen LogP contribution in [0.4, 0.5) is 0 Å². The Kier molecular flexibility index (Phi) is 6.66. The van der Waals surface area contributed by atoms with Crippen LogP contribution in [0.5, 0.6) is 0 Å². The Morgan fingerprint density at radius 1 is 1.18 bits per heavy atom. The number of hydrogen-bond donors (Lipinski definition) is 0. The van der Waals surface area contributed by atoms with Gasteiger partial charge < -0.3 is 14.2 Å². The molecule has 3 heterocycles. The zero-order valence-corrected chi connectivity index (χ0v) is 18.8. The van der Waals surface area contributed by atoms with E-state index in [-0.39, 0.29) is 43.1 Å². The summed E-state index contributed by atoms with van der Waals surface area (Å²) in [6, 6.07) is 8.60. The van der Waals surface area contributed by atoms with Crippen molar-refractivity contribution in [3.63, 3.8) is 0 Å². The molecule has 178 valence electrons. The summed E-state index contributed by atoms with van der Waals surface area (Å²) < 4.78 is 12.3. The molecule has 1 aromatic carbocycles. The van der Waals surface area contributed by atoms with Gasteiger partial charge in [0.1, 0.15) is 0 Å². The normalized spacial score (nSPS) is 15.8. The molecule has 1 saturated heterocycles. The molecule has 0 N–H and O–H groups in total. The number of aromatic nitrogens is 5. The second-order valence-electron chi connectivity index (χ2n) is 7.69. The molecule has 3 aromatic rings. The molecule has 34 heavy (non-hydrogen) atoms. The van der Waals surface area contributed by atoms with Crippen molar-refractivity contribution < 1.29 is 18.8 Å². The van der Waals surface area contributed by atoms with Gasteiger partial charge in [-0.25, -0.2) is 4.79 Å². The van der Waals surface area contributed by atoms with E-state index in [2.05, 4.69) is 15.2 Å². The van der Waals surface area contributed by atoms with Gasteiger partial charge in [-0.15, -0.1) is 0 Å². The van der Waals surface area contributed by atoms with Gasteiger partial charge in [-0.1, -0.05) is 23.4 Å². The number of rotatable bonds is 6. The highest BCUT2D eigenvalue weighted by Crippen LogP contribution is 2.20. The maximum Gasteiger partial charge on any atom is 0.352 e. The lowest BCUT2D eigenvalue weighted by Gasteiger charge is -2.30. The van der Waals surface area contributed by atoms with E-state index in [0.29, 0.717) is 25.1 Å². The van der Waals surface area contributed by atoms with Crippen molar-refractivity contribution in [1.82, 2.24) is 29.4 Å². The Hall–Kier alpha value is -4.09. The molecule has 12 nitrogen and oxygen atoms in total. The first-order valence-electron chi connectivity index (χ1n) is 11.0. The molecule has 0 spiro atoms. The highest BCUT2D eigenvalue weighted by atomic mass is 16.5. The van der Waals surface area contributed by atoms with Crippen molar-refractivity contribution in [2.24, 2.45) is 5.92 Å². The number of para-hydroxylation sites is 1. The summed E-state index contributed by atoms with van der Waals surface area (Å²) in [6.45, 7) is 4.35. The van der Waals surface area contributed by atoms with Gasteiger partial charge in [0.05, 0.1) is 18.2 Å². The van der Waals surface area contributed by atoms with Crippen LogP contribution in [0.1, 0.15) is 37.4 Å². The van der Waals surface area contributed by atoms with Crippen molar-refractivity contribution in [1.29, 1.82) is 0 Å². The quantitative estimate of drug-likeness (QED) is 0.482. The molecule has 0 bridgehead atoms. The van der Waals surface area contributed by atoms with Crippen LogP contribution in [-0.4, -0.2) is 61.0 Å². The number of hydrogen-bond acceptors (Lipinski definition) is 9. The van der Waals surface area contributed by atoms with Gasteiger partial charge in [0.2, 0.25) is 5.82 Å². The van der Waals surface area contributed by atoms with Gasteiger partial charge in [0.25, 0.3) is 5.56 Å². The number of amides is 1. The molecule has 0 radical (unpaired) electrons. The number of piperidine rings is 1. The summed E-state index contributed by atoms with van der Waals surface area (Å²) >= 11 is 0. The predicted molar refractivity (Wildman–Crippen MR) is 118 cm³/mol. The molecule has 1 aliphatic heterocycles. The maximum atomic E-state index is 12.9. The second-order valence-corrected chi connectivity index (χ2v) is 7.69. The lowest BCUT2D eigenvalue weighted by molar-refractivity contribution is -0.149. The van der Waals surface area contributed by atoms with Crippen LogP contribution in [-0.2, 0) is 16.1 Å². The summed E-state index contributed by atoms with van der Waals surface area (Å²) in [4.78, 5) is 56.2. The van der Waals surface area contributed by atoms with Crippen LogP contribution in [0.15, 0.2) is 44.4 Å². The van der Waals surface area contributed by atoms with Gasteiger partial charge in [-0.2, -0.15) is 14.8 Å². The van der Waals surface area contributed by atoms with Crippen molar-refractivity contribution in [3.05, 3.63) is 57.1 Å². The van der Waals surface area contributed by atoms with Gasteiger partial charge in [-0.3, -0.25) is 19.0 Å². The Balaban J connectivity index is 1.65. The average molecular weight is 468 g/mol. The van der Waals surface area contributed by atoms with Crippen LogP contribution < -0.4 is 11.2 Å². The predicted octanol–water partition coefficient (Wildman–Crippen LogP) is 0.879. The highest BCUT2D eigenvalue weighted by molar-refractivity contribution is 5.90. The lowest BCUT2D eigenvalue weighted by atomic mass is 9.98. The maximum absolute atomic E-state index is 12.9. The molecule has 0 saturated carbocycles. The van der Waals surface area contributed by atoms with E-state index in [1.807, 2.05) is 0 Å². The minimum Gasteiger partial charge on any atom is -0.466 e. The standard InChI is InChI=1S/C22H24N6O6/c1-3-27-19(29)16(24-28(22(27)32)15-10-6-5-7-11-15)17-23-18(34-25-17)20(30)26-12-8-9-14(13-26)21(31)33-4-2/h5-7,10-11,14H,3-4,8-9,12-13H2,1-2H3/t14-/m0/s1. The third-order valence-electron chi connectivity index (χ3n) is 5.53. The van der Waals surface area contributed by atoms with E-state index >= 15 is 0 Å². The molecule has 0 aliphatic carbocycles. The number of carbonyl (C=O) groups is 2. The first kappa shape index (κ1) is 23.1. The summed E-state index contributed by atoms with van der Waals surface area (Å²) in [6.07, 6.45) is 1.25. The van der Waals surface area contributed by atoms with Crippen LogP contribution in [0.2, 0.25) is 0 Å². The molecule has 12 heteroatoms. The molecule has 1 amide bonds. The fraction of sp³-hybridized carbons (Fsp3) is 0.409. The number of esters is 1. The van der Waals surface area contributed by atoms with E-state index in [0.717, 1.165) is 9.25 Å². The zero-order valence-electron chi connectivity index (χ0n) is 18.8. The van der Waals surface area contributed by atoms with Crippen LogP contribution in [0, 0.1) is 5.92 Å². The van der Waals surface area contributed by atoms with E-state index in [1.165, 1.54) is 4.90 Å². The highest BCUT2D eigenvalue weighted by Gasteiger charge is 2.32. The van der Waals surface area contributed by atoms with E-state index in [1.54, 1.807) is 44.2 Å². The molecule has 0 unspecified atom stereocenters. The summed E-state index contributed by atoms with van der Waals surface area (Å²) in [5, 5.41) is 7.93. The topological polar surface area (TPSA) is 142 Å². The minimum absolute atomic E-state index is 0.104. The number of nitrogens with zero attached hydrogens (tertiary/aromatic N) is 6. The Morgan fingerprint density at radius 2 is 1.94 bits per heavy atom. The lowest BCUT2D eigenvalue weighted by Crippen LogP contribution is -2.43. The molecule has 1 atom stereocenters. The molecular formula is C22H24N6O6. The summed E-state index contributed by atoms with van der Waals surface area (Å²) in [5.41, 5.74) is -1.08. The van der Waals surface area contributed by atoms with Gasteiger partial charge in [-0.05, 0) is 38.8 Å². The molecular weight excluding hydrogens is 444 g/mol. The van der Waals surface area contributed by atoms with Crippen LogP contribution in [0.3, 0.4) is 0 Å². The molecule has 4 rings (SSSR count). The Bertz CT molecular complexity index is 1310. The van der Waals surface area contributed by atoms with E-state index in [9.17, 15) is 19.2 Å². The van der Waals surface area contributed by atoms with Crippen LogP contribution in [0.25, 0.3) is 17.2 Å². The summed E-state index contributed by atoms with van der Waals surface area (Å²) in [5.74, 6) is -1.87. The first-order chi connectivity index (χ1) is 16.4. The first-order valence-corrected chi connectivity index (χ1v) is 11.0. The average Bonchev–Trinajstić information content (AvgIpc) is 3.35. The number of benzene rings is 1. The largest absolute Gasteiger partial charge is 0.466 e. The fourth-order valence-electron chi connectivity index (χ4n) is 3.83. The van der Waals surface area contributed by atoms with E-state index in [4.69, 9.17) is 9.26 Å². The Morgan fingerprint density at radius 3 is 2.65 bits per heavy atom. The SMILES string of the molecule is CCOC(=O)[C@H]1CCCN(C(=O)c2nc(-c3nn(-c4ccccc4)c(=O)n(CC)c3=O)no2)C1. The van der Waals surface area contributed by atoms with Crippen molar-refractivity contribution >= 4 is 11.9 Å². The van der Waals surface area contributed by atoms with Crippen molar-refractivity contribution in [2.75, 3.05) is 19.7 Å². The van der Waals surface area contributed by atoms with Gasteiger partial charge in [0, 0.05) is 19.6 Å². The number of ether oxygens (including phenoxy) is 1. The van der Waals surface area contributed by atoms with Crippen molar-refractivity contribution in [3.8, 4) is 17.2 Å². The van der Waals surface area contributed by atoms with Crippen LogP contribution >= 0.6 is 0 Å². The number of likely N-dealkylation sites (tertiary alicyclic amines) is 1. The van der Waals surface area contributed by atoms with Gasteiger partial charge >= 0.3 is 23.5 Å². The third-order valence-corrected chi connectivity index (χ3v) is 5.53. The smallest absolute Gasteiger partial charge is 0.352 e. The third kappa shape index (κ3) is 4.38. The van der Waals surface area contributed by atoms with Crippen molar-refractivity contribution in [2.45, 2.75) is 33.2 Å². The second kappa shape index (κ2) is 9.81. The minimum atomic E-state index is -0.695. The zero-order chi connectivity index (χ0) is 24.2. The number of carbonyl (C=O) groups excluding carboxylic acids is 2. The molecule has 1 fully saturated rings. The Labute approximate surface area is 193 Å². The fourth-order valence-corrected chi connectivity index (χ4v) is 3.83.